The minimum atomic E-state index is -4.37. The van der Waals surface area contributed by atoms with E-state index in [1.807, 2.05) is 6.92 Å². The summed E-state index contributed by atoms with van der Waals surface area (Å²) >= 11 is 0. The molecule has 0 fully saturated rings. The summed E-state index contributed by atoms with van der Waals surface area (Å²) in [6.45, 7) is 8.41. The topological polar surface area (TPSA) is 21.3 Å². The van der Waals surface area contributed by atoms with Crippen molar-refractivity contribution in [2.45, 2.75) is 33.9 Å². The van der Waals surface area contributed by atoms with Crippen LogP contribution in [0.4, 0.5) is 13.2 Å². The highest BCUT2D eigenvalue weighted by Crippen LogP contribution is 2.43. The number of hydrogen-bond acceptors (Lipinski definition) is 2. The summed E-state index contributed by atoms with van der Waals surface area (Å²) in [6.07, 6.45) is -4.37. The Kier molecular flexibility index (Phi) is 3.72. The lowest BCUT2D eigenvalue weighted by Gasteiger charge is -2.19. The van der Waals surface area contributed by atoms with Crippen LogP contribution in [0.1, 0.15) is 37.5 Å². The van der Waals surface area contributed by atoms with Gasteiger partial charge in [0.25, 0.3) is 0 Å². The summed E-state index contributed by atoms with van der Waals surface area (Å²) in [5.41, 5.74) is 2.13. The van der Waals surface area contributed by atoms with Gasteiger partial charge in [-0.15, -0.1) is 0 Å². The summed E-state index contributed by atoms with van der Waals surface area (Å²) in [7, 11) is 1.40. The van der Waals surface area contributed by atoms with E-state index < -0.39 is 11.7 Å². The second kappa shape index (κ2) is 4.97. The fraction of sp³-hybridized carbons (Fsp3) is 0.500. The molecular weight excluding hydrogens is 279 g/mol. The summed E-state index contributed by atoms with van der Waals surface area (Å²) < 4.78 is 44.2. The zero-order valence-electron chi connectivity index (χ0n) is 12.9. The third kappa shape index (κ3) is 2.61. The number of ether oxygens (including phenoxy) is 1. The normalized spacial score (nSPS) is 17.9. The number of nitrogens with one attached hydrogen (secondary N) is 1. The lowest BCUT2D eigenvalue weighted by Crippen LogP contribution is -2.19. The van der Waals surface area contributed by atoms with E-state index in [9.17, 15) is 13.2 Å². The highest BCUT2D eigenvalue weighted by molar-refractivity contribution is 5.76. The summed E-state index contributed by atoms with van der Waals surface area (Å²) in [5, 5.41) is 3.29. The van der Waals surface area contributed by atoms with E-state index in [4.69, 9.17) is 4.74 Å². The average molecular weight is 299 g/mol. The van der Waals surface area contributed by atoms with Crippen LogP contribution in [0.2, 0.25) is 0 Å². The molecule has 0 amide bonds. The van der Waals surface area contributed by atoms with Gasteiger partial charge in [0.15, 0.2) is 0 Å². The van der Waals surface area contributed by atoms with Crippen molar-refractivity contribution in [1.82, 2.24) is 5.32 Å². The first-order valence-electron chi connectivity index (χ1n) is 6.80. The van der Waals surface area contributed by atoms with Gasteiger partial charge >= 0.3 is 6.18 Å². The monoisotopic (exact) mass is 299 g/mol. The Morgan fingerprint density at radius 3 is 2.24 bits per heavy atom. The molecular formula is C16H20F3NO. The van der Waals surface area contributed by atoms with Crippen molar-refractivity contribution in [1.29, 1.82) is 0 Å². The Morgan fingerprint density at radius 1 is 1.19 bits per heavy atom. The van der Waals surface area contributed by atoms with Gasteiger partial charge in [-0.2, -0.15) is 13.2 Å². The van der Waals surface area contributed by atoms with Crippen molar-refractivity contribution >= 4 is 5.70 Å². The highest BCUT2D eigenvalue weighted by atomic mass is 19.4. The number of benzene rings is 1. The third-order valence-corrected chi connectivity index (χ3v) is 4.28. The smallest absolute Gasteiger partial charge is 0.416 e. The Labute approximate surface area is 123 Å². The van der Waals surface area contributed by atoms with Gasteiger partial charge in [-0.25, -0.2) is 0 Å². The minimum absolute atomic E-state index is 0.0169. The van der Waals surface area contributed by atoms with Crippen molar-refractivity contribution in [3.8, 4) is 5.75 Å². The first-order valence-corrected chi connectivity index (χ1v) is 6.80. The average Bonchev–Trinajstić information content (AvgIpc) is 2.62. The minimum Gasteiger partial charge on any atom is -0.496 e. The summed E-state index contributed by atoms with van der Waals surface area (Å²) in [5.74, 6) is 0.282. The Hall–Kier alpha value is -1.65. The predicted octanol–water partition coefficient (Wildman–Crippen LogP) is 4.38. The number of rotatable bonds is 2. The van der Waals surface area contributed by atoms with Crippen LogP contribution < -0.4 is 10.1 Å². The highest BCUT2D eigenvalue weighted by Gasteiger charge is 2.36. The Balaban J connectivity index is 2.63. The molecule has 2 nitrogen and oxygen atoms in total. The van der Waals surface area contributed by atoms with Crippen LogP contribution in [0.5, 0.6) is 5.75 Å². The molecule has 1 heterocycles. The third-order valence-electron chi connectivity index (χ3n) is 4.28. The van der Waals surface area contributed by atoms with Gasteiger partial charge in [0.1, 0.15) is 5.75 Å². The van der Waals surface area contributed by atoms with Gasteiger partial charge in [-0.3, -0.25) is 0 Å². The molecule has 1 aromatic rings. The molecule has 1 aliphatic heterocycles. The van der Waals surface area contributed by atoms with Crippen molar-refractivity contribution < 1.29 is 17.9 Å². The lowest BCUT2D eigenvalue weighted by molar-refractivity contribution is -0.138. The summed E-state index contributed by atoms with van der Waals surface area (Å²) in [4.78, 5) is 0. The maximum atomic E-state index is 13.0. The van der Waals surface area contributed by atoms with E-state index in [0.717, 1.165) is 23.9 Å². The lowest BCUT2D eigenvalue weighted by atomic mass is 9.86. The number of hydrogen-bond donors (Lipinski definition) is 1. The number of methoxy groups -OCH3 is 1. The van der Waals surface area contributed by atoms with Crippen LogP contribution >= 0.6 is 0 Å². The quantitative estimate of drug-likeness (QED) is 0.875. The molecule has 0 spiro atoms. The van der Waals surface area contributed by atoms with E-state index in [1.54, 1.807) is 0 Å². The van der Waals surface area contributed by atoms with E-state index in [0.29, 0.717) is 5.56 Å². The molecule has 0 aliphatic carbocycles. The van der Waals surface area contributed by atoms with Gasteiger partial charge in [0.05, 0.1) is 12.7 Å². The maximum Gasteiger partial charge on any atom is 0.416 e. The number of halogens is 3. The molecule has 1 N–H and O–H groups in total. The van der Waals surface area contributed by atoms with Crippen LogP contribution in [0, 0.1) is 12.3 Å². The van der Waals surface area contributed by atoms with Crippen LogP contribution in [-0.2, 0) is 6.18 Å². The molecule has 0 radical (unpaired) electrons. The first-order chi connectivity index (χ1) is 9.59. The zero-order chi connectivity index (χ0) is 16.0. The Bertz CT molecular complexity index is 600. The van der Waals surface area contributed by atoms with Crippen molar-refractivity contribution in [3.05, 3.63) is 34.4 Å². The molecule has 1 aliphatic rings. The molecule has 0 saturated heterocycles. The van der Waals surface area contributed by atoms with E-state index >= 15 is 0 Å². The van der Waals surface area contributed by atoms with Crippen LogP contribution in [0.25, 0.3) is 5.70 Å². The second-order valence-corrected chi connectivity index (χ2v) is 6.05. The number of alkyl halides is 3. The molecule has 2 rings (SSSR count). The molecule has 0 atom stereocenters. The molecule has 0 unspecified atom stereocenters. The molecule has 116 valence electrons. The molecule has 21 heavy (non-hydrogen) atoms. The maximum absolute atomic E-state index is 13.0. The van der Waals surface area contributed by atoms with Gasteiger partial charge in [-0.1, -0.05) is 13.8 Å². The van der Waals surface area contributed by atoms with Crippen LogP contribution in [0.15, 0.2) is 17.7 Å². The fourth-order valence-corrected chi connectivity index (χ4v) is 2.67. The van der Waals surface area contributed by atoms with Crippen molar-refractivity contribution in [2.75, 3.05) is 13.7 Å². The zero-order valence-corrected chi connectivity index (χ0v) is 12.9. The molecule has 1 aromatic carbocycles. The van der Waals surface area contributed by atoms with Crippen molar-refractivity contribution in [3.63, 3.8) is 0 Å². The van der Waals surface area contributed by atoms with Crippen LogP contribution in [0.3, 0.4) is 0 Å². The first kappa shape index (κ1) is 15.7. The van der Waals surface area contributed by atoms with Gasteiger partial charge in [0, 0.05) is 28.8 Å². The second-order valence-electron chi connectivity index (χ2n) is 6.05. The molecule has 0 bridgehead atoms. The molecule has 0 aromatic heterocycles. The van der Waals surface area contributed by atoms with Crippen molar-refractivity contribution in [2.24, 2.45) is 5.41 Å². The molecule has 0 saturated carbocycles. The predicted molar refractivity (Wildman–Crippen MR) is 77.1 cm³/mol. The van der Waals surface area contributed by atoms with Gasteiger partial charge < -0.3 is 10.1 Å². The van der Waals surface area contributed by atoms with Crippen LogP contribution in [-0.4, -0.2) is 13.7 Å². The standard InChI is InChI=1S/C16H20F3NO/c1-9-12(16(17,18)19)7-6-11(14(9)21-5)13-10(2)15(3,4)8-20-13/h6-7,20H,8H2,1-5H3. The largest absolute Gasteiger partial charge is 0.496 e. The van der Waals surface area contributed by atoms with E-state index in [2.05, 4.69) is 19.2 Å². The fourth-order valence-electron chi connectivity index (χ4n) is 2.67. The Morgan fingerprint density at radius 2 is 1.81 bits per heavy atom. The van der Waals surface area contributed by atoms with Gasteiger partial charge in [-0.05, 0) is 31.6 Å². The van der Waals surface area contributed by atoms with Gasteiger partial charge in [0.2, 0.25) is 0 Å². The van der Waals surface area contributed by atoms with E-state index in [-0.39, 0.29) is 16.7 Å². The van der Waals surface area contributed by atoms with E-state index in [1.165, 1.54) is 20.1 Å². The summed E-state index contributed by atoms with van der Waals surface area (Å²) in [6, 6.07) is 2.61. The molecule has 5 heteroatoms. The SMILES string of the molecule is COc1c(C2=C(C)C(C)(C)CN2)ccc(C(F)(F)F)c1C.